The van der Waals surface area contributed by atoms with Gasteiger partial charge < -0.3 is 9.84 Å². The van der Waals surface area contributed by atoms with Crippen molar-refractivity contribution in [3.8, 4) is 5.75 Å². The van der Waals surface area contributed by atoms with Crippen LogP contribution in [-0.4, -0.2) is 23.9 Å². The van der Waals surface area contributed by atoms with Crippen molar-refractivity contribution in [2.24, 2.45) is 0 Å². The molecule has 1 aliphatic heterocycles. The van der Waals surface area contributed by atoms with E-state index in [9.17, 15) is 19.1 Å². The molecular formula is C24H18FNO4. The number of rotatable bonds is 4. The topological polar surface area (TPSA) is 66.8 Å². The molecule has 0 bridgehead atoms. The van der Waals surface area contributed by atoms with Crippen LogP contribution in [-0.2, 0) is 9.59 Å². The predicted molar refractivity (Wildman–Crippen MR) is 111 cm³/mol. The van der Waals surface area contributed by atoms with Gasteiger partial charge in [0, 0.05) is 17.3 Å². The zero-order valence-electron chi connectivity index (χ0n) is 16.1. The van der Waals surface area contributed by atoms with E-state index in [-0.39, 0.29) is 11.3 Å². The van der Waals surface area contributed by atoms with Crippen molar-refractivity contribution in [3.05, 3.63) is 101 Å². The lowest BCUT2D eigenvalue weighted by atomic mass is 9.95. The van der Waals surface area contributed by atoms with Crippen LogP contribution in [0, 0.1) is 5.82 Å². The summed E-state index contributed by atoms with van der Waals surface area (Å²) in [4.78, 5) is 27.3. The largest absolute Gasteiger partial charge is 0.507 e. The van der Waals surface area contributed by atoms with Crippen LogP contribution in [0.15, 0.2) is 84.4 Å². The van der Waals surface area contributed by atoms with Gasteiger partial charge in [-0.25, -0.2) is 4.39 Å². The summed E-state index contributed by atoms with van der Waals surface area (Å²) in [5, 5.41) is 10.9. The number of benzene rings is 3. The second kappa shape index (κ2) is 7.83. The number of Topliss-reactive ketones (excluding diaryl/α,β-unsaturated/α-hetero) is 1. The number of methoxy groups -OCH3 is 1. The van der Waals surface area contributed by atoms with E-state index >= 15 is 0 Å². The van der Waals surface area contributed by atoms with Crippen LogP contribution in [0.3, 0.4) is 0 Å². The van der Waals surface area contributed by atoms with Gasteiger partial charge in [-0.15, -0.1) is 0 Å². The Bertz CT molecular complexity index is 1160. The molecule has 1 amide bonds. The summed E-state index contributed by atoms with van der Waals surface area (Å²) >= 11 is 0. The van der Waals surface area contributed by atoms with Crippen molar-refractivity contribution >= 4 is 23.1 Å². The Morgan fingerprint density at radius 2 is 1.70 bits per heavy atom. The minimum Gasteiger partial charge on any atom is -0.507 e. The van der Waals surface area contributed by atoms with E-state index in [1.807, 2.05) is 0 Å². The number of halogens is 1. The molecule has 1 atom stereocenters. The van der Waals surface area contributed by atoms with E-state index in [1.165, 1.54) is 30.2 Å². The van der Waals surface area contributed by atoms with Crippen LogP contribution in [0.25, 0.3) is 5.76 Å². The van der Waals surface area contributed by atoms with Gasteiger partial charge in [0.05, 0.1) is 18.7 Å². The Balaban J connectivity index is 1.96. The first kappa shape index (κ1) is 19.4. The van der Waals surface area contributed by atoms with Gasteiger partial charge in [-0.2, -0.15) is 0 Å². The second-order valence-corrected chi connectivity index (χ2v) is 6.79. The van der Waals surface area contributed by atoms with Gasteiger partial charge in [-0.05, 0) is 29.8 Å². The highest BCUT2D eigenvalue weighted by Crippen LogP contribution is 2.42. The molecule has 0 unspecified atom stereocenters. The van der Waals surface area contributed by atoms with Crippen LogP contribution in [0.2, 0.25) is 0 Å². The summed E-state index contributed by atoms with van der Waals surface area (Å²) in [7, 11) is 1.49. The SMILES string of the molecule is COc1cccc(N2C(=O)C(=O)C(=C(O)c3ccccc3)[C@@H]2c2cccc(F)c2)c1. The number of amides is 1. The van der Waals surface area contributed by atoms with Gasteiger partial charge >= 0.3 is 0 Å². The van der Waals surface area contributed by atoms with Crippen molar-refractivity contribution in [1.29, 1.82) is 0 Å². The summed E-state index contributed by atoms with van der Waals surface area (Å²) in [5.74, 6) is -1.98. The third-order valence-electron chi connectivity index (χ3n) is 4.99. The number of anilines is 1. The van der Waals surface area contributed by atoms with Crippen molar-refractivity contribution in [1.82, 2.24) is 0 Å². The summed E-state index contributed by atoms with van der Waals surface area (Å²) in [6.45, 7) is 0. The zero-order valence-corrected chi connectivity index (χ0v) is 16.1. The highest BCUT2D eigenvalue weighted by molar-refractivity contribution is 6.51. The van der Waals surface area contributed by atoms with Crippen LogP contribution < -0.4 is 9.64 Å². The smallest absolute Gasteiger partial charge is 0.300 e. The Labute approximate surface area is 172 Å². The molecule has 4 rings (SSSR count). The van der Waals surface area contributed by atoms with Gasteiger partial charge in [0.15, 0.2) is 0 Å². The number of carbonyl (C=O) groups is 2. The third-order valence-corrected chi connectivity index (χ3v) is 4.99. The molecule has 1 N–H and O–H groups in total. The average Bonchev–Trinajstić information content (AvgIpc) is 3.04. The number of ketones is 1. The molecule has 30 heavy (non-hydrogen) atoms. The third kappa shape index (κ3) is 3.33. The molecule has 0 aromatic heterocycles. The molecule has 3 aromatic rings. The van der Waals surface area contributed by atoms with Gasteiger partial charge in [-0.3, -0.25) is 14.5 Å². The molecule has 1 fully saturated rings. The average molecular weight is 403 g/mol. The molecule has 6 heteroatoms. The maximum absolute atomic E-state index is 14.0. The van der Waals surface area contributed by atoms with Gasteiger partial charge in [-0.1, -0.05) is 48.5 Å². The normalized spacial score (nSPS) is 17.9. The van der Waals surface area contributed by atoms with E-state index in [2.05, 4.69) is 0 Å². The molecule has 0 aliphatic carbocycles. The Hall–Kier alpha value is -3.93. The lowest BCUT2D eigenvalue weighted by Crippen LogP contribution is -2.29. The summed E-state index contributed by atoms with van der Waals surface area (Å²) in [6, 6.07) is 19.8. The highest BCUT2D eigenvalue weighted by atomic mass is 19.1. The van der Waals surface area contributed by atoms with Gasteiger partial charge in [0.2, 0.25) is 0 Å². The number of ether oxygens (including phenoxy) is 1. The number of hydrogen-bond donors (Lipinski definition) is 1. The van der Waals surface area contributed by atoms with Crippen molar-refractivity contribution in [3.63, 3.8) is 0 Å². The van der Waals surface area contributed by atoms with Crippen molar-refractivity contribution in [2.45, 2.75) is 6.04 Å². The van der Waals surface area contributed by atoms with Crippen LogP contribution >= 0.6 is 0 Å². The highest BCUT2D eigenvalue weighted by Gasteiger charge is 2.47. The van der Waals surface area contributed by atoms with Crippen LogP contribution in [0.1, 0.15) is 17.2 Å². The number of carbonyl (C=O) groups excluding carboxylic acids is 2. The van der Waals surface area contributed by atoms with Crippen molar-refractivity contribution in [2.75, 3.05) is 12.0 Å². The van der Waals surface area contributed by atoms with E-state index < -0.39 is 23.5 Å². The number of nitrogens with zero attached hydrogens (tertiary/aromatic N) is 1. The first-order valence-electron chi connectivity index (χ1n) is 9.27. The molecule has 1 heterocycles. The molecule has 3 aromatic carbocycles. The minimum atomic E-state index is -0.993. The van der Waals surface area contributed by atoms with Gasteiger partial charge in [0.1, 0.15) is 17.3 Å². The second-order valence-electron chi connectivity index (χ2n) is 6.79. The summed E-state index contributed by atoms with van der Waals surface area (Å²) in [5.41, 5.74) is 1.06. The molecule has 150 valence electrons. The van der Waals surface area contributed by atoms with E-state index in [1.54, 1.807) is 60.7 Å². The van der Waals surface area contributed by atoms with Crippen LogP contribution in [0.4, 0.5) is 10.1 Å². The number of aliphatic hydroxyl groups excluding tert-OH is 1. The standard InChI is InChI=1S/C24H18FNO4/c1-30-19-12-6-11-18(14-19)26-21(16-9-5-10-17(25)13-16)20(23(28)24(26)29)22(27)15-7-3-2-4-8-15/h2-14,21,27H,1H3/t21-/m0/s1. The maximum atomic E-state index is 14.0. The molecule has 0 saturated carbocycles. The Kier molecular flexibility index (Phi) is 5.06. The first-order chi connectivity index (χ1) is 14.5. The first-order valence-corrected chi connectivity index (χ1v) is 9.27. The number of hydrogen-bond acceptors (Lipinski definition) is 4. The molecule has 0 spiro atoms. The summed E-state index contributed by atoms with van der Waals surface area (Å²) in [6.07, 6.45) is 0. The van der Waals surface area contributed by atoms with E-state index in [0.717, 1.165) is 0 Å². The molecule has 5 nitrogen and oxygen atoms in total. The van der Waals surface area contributed by atoms with E-state index in [4.69, 9.17) is 4.74 Å². The van der Waals surface area contributed by atoms with E-state index in [0.29, 0.717) is 22.6 Å². The zero-order chi connectivity index (χ0) is 21.3. The summed E-state index contributed by atoms with van der Waals surface area (Å²) < 4.78 is 19.3. The predicted octanol–water partition coefficient (Wildman–Crippen LogP) is 4.46. The number of aliphatic hydroxyl groups is 1. The fraction of sp³-hybridized carbons (Fsp3) is 0.0833. The van der Waals surface area contributed by atoms with Gasteiger partial charge in [0.25, 0.3) is 11.7 Å². The molecule has 0 radical (unpaired) electrons. The molecule has 1 aliphatic rings. The lowest BCUT2D eigenvalue weighted by molar-refractivity contribution is -0.132. The monoisotopic (exact) mass is 403 g/mol. The Morgan fingerprint density at radius 3 is 2.40 bits per heavy atom. The lowest BCUT2D eigenvalue weighted by Gasteiger charge is -2.25. The van der Waals surface area contributed by atoms with Crippen molar-refractivity contribution < 1.29 is 23.8 Å². The fourth-order valence-corrected chi connectivity index (χ4v) is 3.60. The molecule has 1 saturated heterocycles. The Morgan fingerprint density at radius 1 is 0.967 bits per heavy atom. The molecular weight excluding hydrogens is 385 g/mol. The quantitative estimate of drug-likeness (QED) is 0.397. The maximum Gasteiger partial charge on any atom is 0.300 e. The fourth-order valence-electron chi connectivity index (χ4n) is 3.60. The van der Waals surface area contributed by atoms with Crippen LogP contribution in [0.5, 0.6) is 5.75 Å². The minimum absolute atomic E-state index is 0.0976.